The Hall–Kier alpha value is -0.780. The second-order valence-electron chi connectivity index (χ2n) is 5.30. The zero-order valence-corrected chi connectivity index (χ0v) is 11.2. The van der Waals surface area contributed by atoms with Gasteiger partial charge in [0, 0.05) is 12.4 Å². The molecule has 4 nitrogen and oxygen atoms in total. The average Bonchev–Trinajstić information content (AvgIpc) is 2.23. The van der Waals surface area contributed by atoms with E-state index in [1.807, 2.05) is 32.9 Å². The lowest BCUT2D eigenvalue weighted by molar-refractivity contribution is -0.0661. The van der Waals surface area contributed by atoms with Gasteiger partial charge in [0.1, 0.15) is 5.54 Å². The van der Waals surface area contributed by atoms with Crippen molar-refractivity contribution in [3.05, 3.63) is 30.1 Å². The van der Waals surface area contributed by atoms with Gasteiger partial charge in [0.2, 0.25) is 0 Å². The number of ether oxygens (including phenoxy) is 1. The number of hydrogen-bond donors (Lipinski definition) is 1. The molecule has 0 amide bonds. The summed E-state index contributed by atoms with van der Waals surface area (Å²) in [5.74, 6) is 0. The van der Waals surface area contributed by atoms with Crippen LogP contribution >= 0.6 is 0 Å². The van der Waals surface area contributed by atoms with Crippen LogP contribution in [0.3, 0.4) is 0 Å². The molecule has 1 N–H and O–H groups in total. The predicted octanol–water partition coefficient (Wildman–Crippen LogP) is 1.36. The molecule has 2 heterocycles. The molecule has 0 radical (unpaired) electrons. The van der Waals surface area contributed by atoms with Crippen molar-refractivity contribution in [2.45, 2.75) is 31.1 Å². The molecule has 0 spiro atoms. The van der Waals surface area contributed by atoms with Gasteiger partial charge in [0.25, 0.3) is 0 Å². The van der Waals surface area contributed by atoms with Crippen LogP contribution in [0.1, 0.15) is 26.3 Å². The summed E-state index contributed by atoms with van der Waals surface area (Å²) < 4.78 is 20.4. The van der Waals surface area contributed by atoms with Crippen LogP contribution in [0.4, 0.5) is 0 Å². The van der Waals surface area contributed by atoms with Crippen LogP contribution < -0.4 is 4.72 Å². The molecule has 0 aliphatic carbocycles. The van der Waals surface area contributed by atoms with Crippen LogP contribution in [0, 0.1) is 0 Å². The maximum Gasteiger partial charge on any atom is 0.103 e. The number of aromatic nitrogens is 1. The number of nitrogens with zero attached hydrogens (tertiary/aromatic N) is 1. The van der Waals surface area contributed by atoms with Gasteiger partial charge in [0.15, 0.2) is 0 Å². The molecule has 2 rings (SSSR count). The highest BCUT2D eigenvalue weighted by molar-refractivity contribution is 7.84. The van der Waals surface area contributed by atoms with Gasteiger partial charge >= 0.3 is 0 Å². The first-order valence-electron chi connectivity index (χ1n) is 5.62. The molecule has 1 aromatic rings. The van der Waals surface area contributed by atoms with Crippen molar-refractivity contribution in [2.24, 2.45) is 0 Å². The number of pyridine rings is 1. The van der Waals surface area contributed by atoms with Crippen LogP contribution in [0.15, 0.2) is 24.5 Å². The zero-order chi connectivity index (χ0) is 12.5. The van der Waals surface area contributed by atoms with E-state index in [0.29, 0.717) is 13.2 Å². The fourth-order valence-corrected chi connectivity index (χ4v) is 2.46. The van der Waals surface area contributed by atoms with Crippen LogP contribution in [-0.4, -0.2) is 27.2 Å². The summed E-state index contributed by atoms with van der Waals surface area (Å²) in [6.45, 7) is 6.94. The Kier molecular flexibility index (Phi) is 3.34. The lowest BCUT2D eigenvalue weighted by atomic mass is 9.91. The highest BCUT2D eigenvalue weighted by Gasteiger charge is 2.43. The quantitative estimate of drug-likeness (QED) is 0.886. The third kappa shape index (κ3) is 2.56. The lowest BCUT2D eigenvalue weighted by Gasteiger charge is -2.43. The highest BCUT2D eigenvalue weighted by Crippen LogP contribution is 2.30. The van der Waals surface area contributed by atoms with Crippen molar-refractivity contribution in [3.63, 3.8) is 0 Å². The zero-order valence-electron chi connectivity index (χ0n) is 10.4. The largest absolute Gasteiger partial charge is 0.377 e. The minimum absolute atomic E-state index is 0.287. The Morgan fingerprint density at radius 1 is 1.47 bits per heavy atom. The first-order valence-corrected chi connectivity index (χ1v) is 6.77. The molecule has 1 aromatic heterocycles. The van der Waals surface area contributed by atoms with Gasteiger partial charge in [0.05, 0.1) is 28.9 Å². The summed E-state index contributed by atoms with van der Waals surface area (Å²) in [5.41, 5.74) is 0.690. The van der Waals surface area contributed by atoms with Gasteiger partial charge in [-0.15, -0.1) is 0 Å². The first kappa shape index (κ1) is 12.7. The van der Waals surface area contributed by atoms with E-state index in [-0.39, 0.29) is 10.3 Å². The molecule has 0 bridgehead atoms. The van der Waals surface area contributed by atoms with E-state index in [9.17, 15) is 4.21 Å². The fraction of sp³-hybridized carbons (Fsp3) is 0.583. The molecule has 1 aliphatic rings. The molecule has 17 heavy (non-hydrogen) atoms. The van der Waals surface area contributed by atoms with Crippen LogP contribution in [0.2, 0.25) is 0 Å². The summed E-state index contributed by atoms with van der Waals surface area (Å²) in [6, 6.07) is 3.87. The molecular formula is C12H18N2O2S. The molecule has 0 saturated carbocycles. The van der Waals surface area contributed by atoms with Crippen LogP contribution in [0.25, 0.3) is 0 Å². The monoisotopic (exact) mass is 254 g/mol. The third-order valence-corrected chi connectivity index (χ3v) is 4.44. The summed E-state index contributed by atoms with van der Waals surface area (Å²) in [6.07, 6.45) is 3.53. The Morgan fingerprint density at radius 2 is 2.18 bits per heavy atom. The SMILES string of the molecule is CC(C)(C)[S@@](=O)NC1(c2cccnc2)COC1. The van der Waals surface area contributed by atoms with E-state index < -0.39 is 11.0 Å². The van der Waals surface area contributed by atoms with Crippen LogP contribution in [0.5, 0.6) is 0 Å². The topological polar surface area (TPSA) is 51.2 Å². The Balaban J connectivity index is 2.20. The van der Waals surface area contributed by atoms with Crippen molar-refractivity contribution in [1.29, 1.82) is 0 Å². The molecule has 1 fully saturated rings. The fourth-order valence-electron chi connectivity index (χ4n) is 1.57. The highest BCUT2D eigenvalue weighted by atomic mass is 32.2. The van der Waals surface area contributed by atoms with Gasteiger partial charge in [-0.25, -0.2) is 8.93 Å². The van der Waals surface area contributed by atoms with Crippen molar-refractivity contribution >= 4 is 11.0 Å². The van der Waals surface area contributed by atoms with Crippen molar-refractivity contribution < 1.29 is 8.95 Å². The summed E-state index contributed by atoms with van der Waals surface area (Å²) >= 11 is 0. The number of rotatable bonds is 3. The van der Waals surface area contributed by atoms with E-state index in [1.165, 1.54) is 0 Å². The summed E-state index contributed by atoms with van der Waals surface area (Å²) in [4.78, 5) is 4.11. The first-order chi connectivity index (χ1) is 7.94. The number of nitrogens with one attached hydrogen (secondary N) is 1. The van der Waals surface area contributed by atoms with Gasteiger partial charge in [-0.1, -0.05) is 6.07 Å². The van der Waals surface area contributed by atoms with E-state index in [0.717, 1.165) is 5.56 Å². The molecule has 1 atom stereocenters. The molecule has 94 valence electrons. The lowest BCUT2D eigenvalue weighted by Crippen LogP contribution is -2.59. The average molecular weight is 254 g/mol. The van der Waals surface area contributed by atoms with E-state index in [1.54, 1.807) is 12.4 Å². The summed E-state index contributed by atoms with van der Waals surface area (Å²) in [5, 5.41) is 0. The minimum atomic E-state index is -1.11. The Morgan fingerprint density at radius 3 is 2.59 bits per heavy atom. The molecule has 5 heteroatoms. The Labute approximate surface area is 104 Å². The standard InChI is InChI=1S/C12H18N2O2S/c1-11(2,3)17(15)14-12(8-16-9-12)10-5-4-6-13-7-10/h4-7,14H,8-9H2,1-3H3/t17-/m1/s1. The molecule has 0 aromatic carbocycles. The third-order valence-electron chi connectivity index (χ3n) is 2.76. The van der Waals surface area contributed by atoms with E-state index >= 15 is 0 Å². The van der Waals surface area contributed by atoms with Crippen molar-refractivity contribution in [3.8, 4) is 0 Å². The number of hydrogen-bond acceptors (Lipinski definition) is 3. The van der Waals surface area contributed by atoms with Gasteiger partial charge in [-0.3, -0.25) is 4.98 Å². The summed E-state index contributed by atoms with van der Waals surface area (Å²) in [7, 11) is -1.11. The molecule has 1 saturated heterocycles. The maximum atomic E-state index is 12.2. The second kappa shape index (κ2) is 4.48. The molecular weight excluding hydrogens is 236 g/mol. The second-order valence-corrected chi connectivity index (χ2v) is 7.27. The minimum Gasteiger partial charge on any atom is -0.377 e. The van der Waals surface area contributed by atoms with Gasteiger partial charge in [-0.2, -0.15) is 0 Å². The predicted molar refractivity (Wildman–Crippen MR) is 67.8 cm³/mol. The van der Waals surface area contributed by atoms with Crippen molar-refractivity contribution in [1.82, 2.24) is 9.71 Å². The molecule has 1 aliphatic heterocycles. The van der Waals surface area contributed by atoms with Gasteiger partial charge < -0.3 is 4.74 Å². The van der Waals surface area contributed by atoms with Gasteiger partial charge in [-0.05, 0) is 32.4 Å². The smallest absolute Gasteiger partial charge is 0.103 e. The normalized spacial score (nSPS) is 20.6. The molecule has 0 unspecified atom stereocenters. The van der Waals surface area contributed by atoms with Crippen molar-refractivity contribution in [2.75, 3.05) is 13.2 Å². The maximum absolute atomic E-state index is 12.2. The van der Waals surface area contributed by atoms with E-state index in [4.69, 9.17) is 4.74 Å². The Bertz CT molecular complexity index is 410. The van der Waals surface area contributed by atoms with E-state index in [2.05, 4.69) is 9.71 Å². The van der Waals surface area contributed by atoms with Crippen LogP contribution in [-0.2, 0) is 21.3 Å².